The molecule has 1 aromatic rings. The number of rotatable bonds is 3. The Hall–Kier alpha value is -1.76. The largest absolute Gasteiger partial charge is 0.573 e. The third kappa shape index (κ3) is 3.60. The lowest BCUT2D eigenvalue weighted by Crippen LogP contribution is -2.38. The zero-order chi connectivity index (χ0) is 13.9. The zero-order valence-electron chi connectivity index (χ0n) is 9.89. The molecule has 0 saturated carbocycles. The standard InChI is InChI=1S/C12H12F3NO3/c13-12(14,15)19-10-3-1-9(2-4-10)11-7-18-6-5-16(11)8-17/h1-4,8,11H,5-7H2/t11-/m0/s1. The average Bonchev–Trinajstić information content (AvgIpc) is 2.38. The van der Waals surface area contributed by atoms with Gasteiger partial charge in [-0.25, -0.2) is 0 Å². The predicted octanol–water partition coefficient (Wildman–Crippen LogP) is 2.11. The third-order valence-corrected chi connectivity index (χ3v) is 2.80. The Bertz CT molecular complexity index is 433. The third-order valence-electron chi connectivity index (χ3n) is 2.80. The molecule has 4 nitrogen and oxygen atoms in total. The van der Waals surface area contributed by atoms with Crippen LogP contribution in [0.2, 0.25) is 0 Å². The summed E-state index contributed by atoms with van der Waals surface area (Å²) in [4.78, 5) is 12.5. The van der Waals surface area contributed by atoms with Gasteiger partial charge in [0, 0.05) is 6.54 Å². The fraction of sp³-hybridized carbons (Fsp3) is 0.417. The molecule has 0 spiro atoms. The lowest BCUT2D eigenvalue weighted by atomic mass is 10.1. The number of amides is 1. The fourth-order valence-electron chi connectivity index (χ4n) is 1.92. The van der Waals surface area contributed by atoms with E-state index in [2.05, 4.69) is 4.74 Å². The Morgan fingerprint density at radius 1 is 1.32 bits per heavy atom. The summed E-state index contributed by atoms with van der Waals surface area (Å²) >= 11 is 0. The van der Waals surface area contributed by atoms with Gasteiger partial charge in [0.15, 0.2) is 0 Å². The molecule has 0 aliphatic carbocycles. The minimum absolute atomic E-state index is 0.272. The van der Waals surface area contributed by atoms with Crippen LogP contribution in [0.4, 0.5) is 13.2 Å². The number of carbonyl (C=O) groups is 1. The lowest BCUT2D eigenvalue weighted by Gasteiger charge is -2.32. The first-order chi connectivity index (χ1) is 8.99. The summed E-state index contributed by atoms with van der Waals surface area (Å²) in [5.41, 5.74) is 0.710. The first-order valence-electron chi connectivity index (χ1n) is 5.64. The van der Waals surface area contributed by atoms with Crippen molar-refractivity contribution in [2.45, 2.75) is 12.4 Å². The van der Waals surface area contributed by atoms with Crippen LogP contribution in [-0.4, -0.2) is 37.4 Å². The molecule has 1 fully saturated rings. The molecule has 19 heavy (non-hydrogen) atoms. The van der Waals surface area contributed by atoms with Crippen LogP contribution in [0, 0.1) is 0 Å². The van der Waals surface area contributed by atoms with Gasteiger partial charge in [-0.15, -0.1) is 13.2 Å². The van der Waals surface area contributed by atoms with Crippen molar-refractivity contribution in [2.24, 2.45) is 0 Å². The summed E-state index contributed by atoms with van der Waals surface area (Å²) in [5.74, 6) is -0.286. The first-order valence-corrected chi connectivity index (χ1v) is 5.64. The number of carbonyl (C=O) groups excluding carboxylic acids is 1. The second kappa shape index (κ2) is 5.48. The molecule has 0 aromatic heterocycles. The number of hydrogen-bond acceptors (Lipinski definition) is 3. The highest BCUT2D eigenvalue weighted by atomic mass is 19.4. The van der Waals surface area contributed by atoms with Crippen LogP contribution < -0.4 is 4.74 Å². The maximum atomic E-state index is 12.0. The van der Waals surface area contributed by atoms with E-state index in [-0.39, 0.29) is 11.8 Å². The molecule has 1 amide bonds. The molecular weight excluding hydrogens is 263 g/mol. The van der Waals surface area contributed by atoms with E-state index in [4.69, 9.17) is 4.74 Å². The maximum Gasteiger partial charge on any atom is 0.573 e. The molecule has 2 rings (SSSR count). The number of morpholine rings is 1. The van der Waals surface area contributed by atoms with Crippen LogP contribution in [0.3, 0.4) is 0 Å². The minimum atomic E-state index is -4.70. The molecule has 1 aliphatic heterocycles. The van der Waals surface area contributed by atoms with Crippen LogP contribution >= 0.6 is 0 Å². The second-order valence-corrected chi connectivity index (χ2v) is 4.05. The van der Waals surface area contributed by atoms with Gasteiger partial charge in [0.05, 0.1) is 19.3 Å². The molecule has 0 bridgehead atoms. The van der Waals surface area contributed by atoms with Crippen LogP contribution in [0.25, 0.3) is 0 Å². The van der Waals surface area contributed by atoms with Gasteiger partial charge < -0.3 is 14.4 Å². The van der Waals surface area contributed by atoms with Gasteiger partial charge in [-0.2, -0.15) is 0 Å². The average molecular weight is 275 g/mol. The molecule has 104 valence electrons. The Morgan fingerprint density at radius 3 is 2.58 bits per heavy atom. The number of benzene rings is 1. The molecular formula is C12H12F3NO3. The zero-order valence-corrected chi connectivity index (χ0v) is 9.89. The topological polar surface area (TPSA) is 38.8 Å². The fourth-order valence-corrected chi connectivity index (χ4v) is 1.92. The van der Waals surface area contributed by atoms with Crippen LogP contribution in [0.15, 0.2) is 24.3 Å². The van der Waals surface area contributed by atoms with Gasteiger partial charge in [-0.05, 0) is 17.7 Å². The second-order valence-electron chi connectivity index (χ2n) is 4.05. The summed E-state index contributed by atoms with van der Waals surface area (Å²) in [6.07, 6.45) is -3.99. The highest BCUT2D eigenvalue weighted by molar-refractivity contribution is 5.49. The molecule has 0 radical (unpaired) electrons. The van der Waals surface area contributed by atoms with E-state index in [1.807, 2.05) is 0 Å². The van der Waals surface area contributed by atoms with E-state index in [0.717, 1.165) is 0 Å². The highest BCUT2D eigenvalue weighted by Crippen LogP contribution is 2.27. The summed E-state index contributed by atoms with van der Waals surface area (Å²) < 4.78 is 45.1. The summed E-state index contributed by atoms with van der Waals surface area (Å²) in [6.45, 7) is 1.26. The van der Waals surface area contributed by atoms with Gasteiger partial charge in [0.1, 0.15) is 5.75 Å². The smallest absolute Gasteiger partial charge is 0.406 e. The van der Waals surface area contributed by atoms with Crippen molar-refractivity contribution in [3.63, 3.8) is 0 Å². The molecule has 1 aromatic carbocycles. The van der Waals surface area contributed by atoms with Crippen LogP contribution in [-0.2, 0) is 9.53 Å². The Morgan fingerprint density at radius 2 is 2.00 bits per heavy atom. The monoisotopic (exact) mass is 275 g/mol. The van der Waals surface area contributed by atoms with Crippen molar-refractivity contribution < 1.29 is 27.4 Å². The molecule has 1 atom stereocenters. The quantitative estimate of drug-likeness (QED) is 0.793. The predicted molar refractivity (Wildman–Crippen MR) is 59.5 cm³/mol. The Labute approximate surface area is 107 Å². The molecule has 1 saturated heterocycles. The van der Waals surface area contributed by atoms with E-state index >= 15 is 0 Å². The van der Waals surface area contributed by atoms with Crippen molar-refractivity contribution in [3.8, 4) is 5.75 Å². The van der Waals surface area contributed by atoms with Crippen molar-refractivity contribution in [3.05, 3.63) is 29.8 Å². The number of hydrogen-bond donors (Lipinski definition) is 0. The maximum absolute atomic E-state index is 12.0. The Kier molecular flexibility index (Phi) is 3.94. The summed E-state index contributed by atoms with van der Waals surface area (Å²) in [7, 11) is 0. The van der Waals surface area contributed by atoms with Crippen LogP contribution in [0.1, 0.15) is 11.6 Å². The SMILES string of the molecule is O=CN1CCOC[C@H]1c1ccc(OC(F)(F)F)cc1. The number of ether oxygens (including phenoxy) is 2. The van der Waals surface area contributed by atoms with Gasteiger partial charge in [-0.1, -0.05) is 12.1 Å². The van der Waals surface area contributed by atoms with E-state index in [1.54, 1.807) is 4.90 Å². The minimum Gasteiger partial charge on any atom is -0.406 e. The van der Waals surface area contributed by atoms with E-state index in [9.17, 15) is 18.0 Å². The van der Waals surface area contributed by atoms with Crippen molar-refractivity contribution in [1.82, 2.24) is 4.90 Å². The molecule has 0 N–H and O–H groups in total. The summed E-state index contributed by atoms with van der Waals surface area (Å²) in [6, 6.07) is 5.17. The van der Waals surface area contributed by atoms with Gasteiger partial charge in [0.25, 0.3) is 0 Å². The molecule has 7 heteroatoms. The lowest BCUT2D eigenvalue weighted by molar-refractivity contribution is -0.274. The number of alkyl halides is 3. The van der Waals surface area contributed by atoms with E-state index < -0.39 is 6.36 Å². The first kappa shape index (κ1) is 13.7. The van der Waals surface area contributed by atoms with Gasteiger partial charge in [-0.3, -0.25) is 4.79 Å². The summed E-state index contributed by atoms with van der Waals surface area (Å²) in [5, 5.41) is 0. The molecule has 1 aliphatic rings. The normalized spacial score (nSPS) is 20.2. The van der Waals surface area contributed by atoms with E-state index in [1.165, 1.54) is 24.3 Å². The molecule has 0 unspecified atom stereocenters. The highest BCUT2D eigenvalue weighted by Gasteiger charge is 2.31. The van der Waals surface area contributed by atoms with Crippen LogP contribution in [0.5, 0.6) is 5.75 Å². The Balaban J connectivity index is 2.11. The van der Waals surface area contributed by atoms with Gasteiger partial charge >= 0.3 is 6.36 Å². The molecule has 1 heterocycles. The van der Waals surface area contributed by atoms with Crippen molar-refractivity contribution in [2.75, 3.05) is 19.8 Å². The van der Waals surface area contributed by atoms with E-state index in [0.29, 0.717) is 31.7 Å². The number of nitrogens with zero attached hydrogens (tertiary/aromatic N) is 1. The van der Waals surface area contributed by atoms with Gasteiger partial charge in [0.2, 0.25) is 6.41 Å². The van der Waals surface area contributed by atoms with Crippen molar-refractivity contribution >= 4 is 6.41 Å². The number of halogens is 3. The van der Waals surface area contributed by atoms with Crippen molar-refractivity contribution in [1.29, 1.82) is 0 Å².